The molecule has 1 aromatic carbocycles. The fourth-order valence-corrected chi connectivity index (χ4v) is 4.55. The Morgan fingerprint density at radius 3 is 2.74 bits per heavy atom. The first kappa shape index (κ1) is 26.1. The molecular weight excluding hydrogens is 519 g/mol. The number of aromatic nitrogens is 1. The highest BCUT2D eigenvalue weighted by Gasteiger charge is 2.25. The van der Waals surface area contributed by atoms with E-state index in [4.69, 9.17) is 14.7 Å². The van der Waals surface area contributed by atoms with Crippen LogP contribution in [0.4, 0.5) is 0 Å². The Bertz CT molecular complexity index is 803. The number of aliphatic imine (C=N–C) groups is 1. The van der Waals surface area contributed by atoms with E-state index in [1.807, 2.05) is 6.07 Å². The van der Waals surface area contributed by atoms with Gasteiger partial charge < -0.3 is 15.0 Å². The Morgan fingerprint density at radius 2 is 2.06 bits per heavy atom. The summed E-state index contributed by atoms with van der Waals surface area (Å²) in [7, 11) is 0. The summed E-state index contributed by atoms with van der Waals surface area (Å²) in [5.74, 6) is 1.58. The van der Waals surface area contributed by atoms with Crippen LogP contribution >= 0.6 is 35.3 Å². The third kappa shape index (κ3) is 8.35. The number of hydrogen-bond donors (Lipinski definition) is 1. The van der Waals surface area contributed by atoms with Crippen LogP contribution in [0.25, 0.3) is 0 Å². The topological polar surface area (TPSA) is 49.8 Å². The van der Waals surface area contributed by atoms with Crippen molar-refractivity contribution in [1.29, 1.82) is 0 Å². The number of halogens is 1. The van der Waals surface area contributed by atoms with Crippen molar-refractivity contribution in [3.63, 3.8) is 0 Å². The van der Waals surface area contributed by atoms with Gasteiger partial charge in [-0.3, -0.25) is 4.99 Å². The fourth-order valence-electron chi connectivity index (χ4n) is 3.53. The summed E-state index contributed by atoms with van der Waals surface area (Å²) < 4.78 is 5.97. The predicted molar refractivity (Wildman–Crippen MR) is 142 cm³/mol. The molecule has 1 aliphatic heterocycles. The van der Waals surface area contributed by atoms with Gasteiger partial charge in [-0.2, -0.15) is 0 Å². The molecule has 31 heavy (non-hydrogen) atoms. The first-order chi connectivity index (χ1) is 14.5. The molecule has 0 radical (unpaired) electrons. The fraction of sp³-hybridized carbons (Fsp3) is 0.583. The first-order valence-corrected chi connectivity index (χ1v) is 11.9. The van der Waals surface area contributed by atoms with E-state index in [9.17, 15) is 0 Å². The number of benzene rings is 1. The van der Waals surface area contributed by atoms with E-state index in [2.05, 4.69) is 67.6 Å². The molecule has 1 aliphatic rings. The lowest BCUT2D eigenvalue weighted by atomic mass is 9.93. The van der Waals surface area contributed by atoms with Crippen molar-refractivity contribution in [2.75, 3.05) is 32.8 Å². The molecule has 2 heterocycles. The van der Waals surface area contributed by atoms with Crippen LogP contribution in [0, 0.1) is 5.92 Å². The molecule has 1 atom stereocenters. The third-order valence-corrected chi connectivity index (χ3v) is 6.20. The van der Waals surface area contributed by atoms with Crippen molar-refractivity contribution in [3.05, 3.63) is 52.0 Å². The van der Waals surface area contributed by atoms with E-state index < -0.39 is 0 Å². The molecular formula is C24H37IN4OS. The quantitative estimate of drug-likeness (QED) is 0.279. The van der Waals surface area contributed by atoms with Crippen molar-refractivity contribution in [2.24, 2.45) is 10.9 Å². The van der Waals surface area contributed by atoms with E-state index in [1.54, 1.807) is 11.3 Å². The molecule has 0 amide bonds. The Morgan fingerprint density at radius 1 is 1.29 bits per heavy atom. The minimum Gasteiger partial charge on any atom is -0.376 e. The summed E-state index contributed by atoms with van der Waals surface area (Å²) in [6.07, 6.45) is 2.05. The van der Waals surface area contributed by atoms with Gasteiger partial charge in [0.15, 0.2) is 5.96 Å². The van der Waals surface area contributed by atoms with E-state index in [0.717, 1.165) is 51.6 Å². The number of hydrogen-bond acceptors (Lipinski definition) is 4. The van der Waals surface area contributed by atoms with Crippen LogP contribution in [0.1, 0.15) is 50.4 Å². The van der Waals surface area contributed by atoms with E-state index in [-0.39, 0.29) is 29.4 Å². The number of likely N-dealkylation sites (tertiary alicyclic amines) is 1. The van der Waals surface area contributed by atoms with Gasteiger partial charge in [0.25, 0.3) is 0 Å². The Labute approximate surface area is 208 Å². The molecule has 3 rings (SSSR count). The van der Waals surface area contributed by atoms with Crippen molar-refractivity contribution in [3.8, 4) is 0 Å². The normalized spacial score (nSPS) is 17.0. The summed E-state index contributed by atoms with van der Waals surface area (Å²) in [6, 6.07) is 10.4. The van der Waals surface area contributed by atoms with Crippen molar-refractivity contribution in [2.45, 2.75) is 52.6 Å². The lowest BCUT2D eigenvalue weighted by Gasteiger charge is -2.21. The molecule has 0 aliphatic carbocycles. The largest absolute Gasteiger partial charge is 0.376 e. The average Bonchev–Trinajstić information content (AvgIpc) is 3.38. The van der Waals surface area contributed by atoms with Crippen LogP contribution in [0.2, 0.25) is 0 Å². The van der Waals surface area contributed by atoms with Crippen LogP contribution in [0.3, 0.4) is 0 Å². The highest BCUT2D eigenvalue weighted by atomic mass is 127. The van der Waals surface area contributed by atoms with E-state index in [0.29, 0.717) is 12.5 Å². The Hall–Kier alpha value is -1.19. The molecule has 1 fully saturated rings. The zero-order valence-corrected chi connectivity index (χ0v) is 22.4. The standard InChI is InChI=1S/C24H36N4OS.HI/c1-5-25-23(26-13-11-22-27-21(18-30-22)24(2,3)4)28-14-12-20(15-28)17-29-16-19-9-7-6-8-10-19;/h6-10,18,20H,5,11-17H2,1-4H3,(H,25,26);1H. The highest BCUT2D eigenvalue weighted by Crippen LogP contribution is 2.24. The van der Waals surface area contributed by atoms with Crippen molar-refractivity contribution < 1.29 is 4.74 Å². The van der Waals surface area contributed by atoms with Crippen LogP contribution in [-0.2, 0) is 23.2 Å². The molecule has 1 saturated heterocycles. The first-order valence-electron chi connectivity index (χ1n) is 11.1. The van der Waals surface area contributed by atoms with Gasteiger partial charge in [-0.15, -0.1) is 35.3 Å². The second-order valence-electron chi connectivity index (χ2n) is 8.96. The summed E-state index contributed by atoms with van der Waals surface area (Å²) in [5.41, 5.74) is 2.52. The average molecular weight is 557 g/mol. The molecule has 0 saturated carbocycles. The summed E-state index contributed by atoms with van der Waals surface area (Å²) >= 11 is 1.75. The van der Waals surface area contributed by atoms with Crippen molar-refractivity contribution >= 4 is 41.3 Å². The predicted octanol–water partition coefficient (Wildman–Crippen LogP) is 5.11. The lowest BCUT2D eigenvalue weighted by Crippen LogP contribution is -2.40. The summed E-state index contributed by atoms with van der Waals surface area (Å²) in [4.78, 5) is 12.1. The summed E-state index contributed by atoms with van der Waals surface area (Å²) in [5, 5.41) is 6.82. The molecule has 1 unspecified atom stereocenters. The molecule has 5 nitrogen and oxygen atoms in total. The number of rotatable bonds is 8. The smallest absolute Gasteiger partial charge is 0.193 e. The van der Waals surface area contributed by atoms with Gasteiger partial charge in [0, 0.05) is 49.3 Å². The summed E-state index contributed by atoms with van der Waals surface area (Å²) in [6.45, 7) is 13.9. The minimum atomic E-state index is 0. The zero-order valence-electron chi connectivity index (χ0n) is 19.3. The van der Waals surface area contributed by atoms with Crippen molar-refractivity contribution in [1.82, 2.24) is 15.2 Å². The van der Waals surface area contributed by atoms with E-state index >= 15 is 0 Å². The van der Waals surface area contributed by atoms with Crippen LogP contribution in [0.15, 0.2) is 40.7 Å². The van der Waals surface area contributed by atoms with Gasteiger partial charge >= 0.3 is 0 Å². The maximum Gasteiger partial charge on any atom is 0.193 e. The number of thiazole rings is 1. The second kappa shape index (κ2) is 12.7. The Kier molecular flexibility index (Phi) is 10.7. The van der Waals surface area contributed by atoms with Gasteiger partial charge in [-0.05, 0) is 18.9 Å². The van der Waals surface area contributed by atoms with Crippen LogP contribution < -0.4 is 5.32 Å². The van der Waals surface area contributed by atoms with Crippen LogP contribution in [0.5, 0.6) is 0 Å². The highest BCUT2D eigenvalue weighted by molar-refractivity contribution is 14.0. The molecule has 7 heteroatoms. The minimum absolute atomic E-state index is 0. The number of ether oxygens (including phenoxy) is 1. The molecule has 1 aromatic heterocycles. The number of guanidine groups is 1. The Balaban J connectivity index is 0.00000341. The zero-order chi connectivity index (χ0) is 21.4. The molecule has 0 bridgehead atoms. The van der Waals surface area contributed by atoms with Gasteiger partial charge in [-0.25, -0.2) is 4.98 Å². The van der Waals surface area contributed by atoms with Gasteiger partial charge in [-0.1, -0.05) is 51.1 Å². The van der Waals surface area contributed by atoms with Gasteiger partial charge in [0.2, 0.25) is 0 Å². The third-order valence-electron chi connectivity index (χ3n) is 5.29. The van der Waals surface area contributed by atoms with Crippen LogP contribution in [-0.4, -0.2) is 48.6 Å². The molecule has 0 spiro atoms. The maximum atomic E-state index is 5.97. The second-order valence-corrected chi connectivity index (χ2v) is 9.91. The molecule has 1 N–H and O–H groups in total. The van der Waals surface area contributed by atoms with Gasteiger partial charge in [0.1, 0.15) is 0 Å². The molecule has 2 aromatic rings. The maximum absolute atomic E-state index is 5.97. The number of nitrogens with one attached hydrogen (secondary N) is 1. The number of nitrogens with zero attached hydrogens (tertiary/aromatic N) is 3. The SMILES string of the molecule is CCNC(=NCCc1nc(C(C)(C)C)cs1)N1CCC(COCc2ccccc2)C1.I. The molecule has 172 valence electrons. The van der Waals surface area contributed by atoms with Gasteiger partial charge in [0.05, 0.1) is 23.9 Å². The lowest BCUT2D eigenvalue weighted by molar-refractivity contribution is 0.0907. The monoisotopic (exact) mass is 556 g/mol. The van der Waals surface area contributed by atoms with E-state index in [1.165, 1.54) is 16.3 Å².